The van der Waals surface area contributed by atoms with Crippen LogP contribution in [0.1, 0.15) is 11.6 Å². The zero-order chi connectivity index (χ0) is 41.4. The number of rotatable bonds is 6. The van der Waals surface area contributed by atoms with Gasteiger partial charge < -0.3 is 14.2 Å². The van der Waals surface area contributed by atoms with Gasteiger partial charge in [-0.3, -0.25) is 4.98 Å². The van der Waals surface area contributed by atoms with Crippen molar-refractivity contribution in [3.8, 4) is 55.8 Å². The quantitative estimate of drug-likeness (QED) is 0.181. The molecule has 12 aromatic rings. The topological polar surface area (TPSA) is 51.2 Å². The molecule has 0 fully saturated rings. The van der Waals surface area contributed by atoms with Crippen LogP contribution in [-0.4, -0.2) is 4.98 Å². The molecule has 0 aliphatic carbocycles. The molecule has 1 atom stereocenters. The number of pyridine rings is 1. The lowest BCUT2D eigenvalue weighted by Crippen LogP contribution is -2.15. The van der Waals surface area contributed by atoms with Crippen molar-refractivity contribution in [2.75, 3.05) is 0 Å². The van der Waals surface area contributed by atoms with E-state index in [1.807, 2.05) is 41.9 Å². The number of nitrogens with one attached hydrogen (secondary N) is 1. The Morgan fingerprint density at radius 1 is 0.413 bits per heavy atom. The maximum Gasteiger partial charge on any atom is 0.135 e. The van der Waals surface area contributed by atoms with E-state index in [1.54, 1.807) is 0 Å². The Bertz CT molecular complexity index is 3850. The zero-order valence-corrected chi connectivity index (χ0v) is 34.7. The molecule has 1 unspecified atom stereocenters. The van der Waals surface area contributed by atoms with E-state index in [4.69, 9.17) is 8.83 Å². The van der Waals surface area contributed by atoms with Gasteiger partial charge in [0.2, 0.25) is 0 Å². The zero-order valence-electron chi connectivity index (χ0n) is 33.9. The van der Waals surface area contributed by atoms with E-state index in [1.165, 1.54) is 48.0 Å². The minimum atomic E-state index is 0.121. The van der Waals surface area contributed by atoms with Gasteiger partial charge >= 0.3 is 0 Å². The predicted molar refractivity (Wildman–Crippen MR) is 263 cm³/mol. The highest BCUT2D eigenvalue weighted by Crippen LogP contribution is 2.42. The molecule has 0 amide bonds. The maximum absolute atomic E-state index is 6.40. The number of furan rings is 2. The number of hydrogen-bond acceptors (Lipinski definition) is 5. The third-order valence-electron chi connectivity index (χ3n) is 12.6. The molecule has 0 saturated heterocycles. The molecule has 8 aromatic carbocycles. The highest BCUT2D eigenvalue weighted by molar-refractivity contribution is 7.25. The average Bonchev–Trinajstić information content (AvgIpc) is 4.04. The van der Waals surface area contributed by atoms with E-state index in [0.29, 0.717) is 0 Å². The second-order valence-electron chi connectivity index (χ2n) is 16.3. The van der Waals surface area contributed by atoms with Gasteiger partial charge in [-0.1, -0.05) is 103 Å². The molecular formula is C58H36N2O2S. The fourth-order valence-corrected chi connectivity index (χ4v) is 10.6. The fourth-order valence-electron chi connectivity index (χ4n) is 9.54. The van der Waals surface area contributed by atoms with E-state index in [0.717, 1.165) is 77.4 Å². The summed E-state index contributed by atoms with van der Waals surface area (Å²) in [6.45, 7) is 0. The second kappa shape index (κ2) is 14.3. The molecule has 4 aromatic heterocycles. The Hall–Kier alpha value is -7.99. The van der Waals surface area contributed by atoms with Crippen LogP contribution in [-0.2, 0) is 0 Å². The lowest BCUT2D eigenvalue weighted by Gasteiger charge is -2.20. The Balaban J connectivity index is 0.872. The van der Waals surface area contributed by atoms with Gasteiger partial charge in [0, 0.05) is 53.5 Å². The summed E-state index contributed by atoms with van der Waals surface area (Å²) in [6.07, 6.45) is 10.2. The van der Waals surface area contributed by atoms with Crippen molar-refractivity contribution >= 4 is 75.4 Å². The van der Waals surface area contributed by atoms with Crippen LogP contribution in [0.4, 0.5) is 0 Å². The molecule has 13 rings (SSSR count). The van der Waals surface area contributed by atoms with Gasteiger partial charge in [0.05, 0.1) is 11.7 Å². The van der Waals surface area contributed by atoms with Gasteiger partial charge in [-0.25, -0.2) is 0 Å². The average molecular weight is 825 g/mol. The van der Waals surface area contributed by atoms with Crippen LogP contribution in [0.15, 0.2) is 215 Å². The van der Waals surface area contributed by atoms with Crippen LogP contribution >= 0.6 is 11.3 Å². The molecule has 0 saturated carbocycles. The third-order valence-corrected chi connectivity index (χ3v) is 13.8. The second-order valence-corrected chi connectivity index (χ2v) is 17.4. The van der Waals surface area contributed by atoms with Gasteiger partial charge in [0.25, 0.3) is 0 Å². The van der Waals surface area contributed by atoms with E-state index >= 15 is 0 Å². The summed E-state index contributed by atoms with van der Waals surface area (Å²) in [6, 6.07) is 63.3. The van der Waals surface area contributed by atoms with Crippen LogP contribution in [0.3, 0.4) is 0 Å². The van der Waals surface area contributed by atoms with Gasteiger partial charge in [0.1, 0.15) is 22.3 Å². The van der Waals surface area contributed by atoms with E-state index in [2.05, 4.69) is 186 Å². The van der Waals surface area contributed by atoms with Crippen LogP contribution < -0.4 is 5.32 Å². The lowest BCUT2D eigenvalue weighted by molar-refractivity contribution is 0.668. The molecule has 5 heteroatoms. The van der Waals surface area contributed by atoms with Crippen LogP contribution in [0.2, 0.25) is 0 Å². The molecule has 0 bridgehead atoms. The Labute approximate surface area is 366 Å². The first kappa shape index (κ1) is 35.7. The molecule has 1 N–H and O–H groups in total. The minimum Gasteiger partial charge on any atom is -0.456 e. The molecule has 0 radical (unpaired) electrons. The molecule has 4 nitrogen and oxygen atoms in total. The summed E-state index contributed by atoms with van der Waals surface area (Å²) in [5.74, 6) is 0. The first-order valence-electron chi connectivity index (χ1n) is 21.3. The van der Waals surface area contributed by atoms with Gasteiger partial charge in [-0.05, 0) is 147 Å². The number of aromatic nitrogens is 1. The SMILES string of the molecule is C1=CNC(c2ccccc2-c2ccc3oc4ccc(-c5ccc6sc7ccc(-c8ccc9oc%10ccc(-c%11ccccc%11-c%11ccccn%11)cc%10c9c8)cc7c6c5)cc4c3c2)C=C1. The van der Waals surface area contributed by atoms with Crippen LogP contribution in [0.25, 0.3) is 120 Å². The normalized spacial score (nSPS) is 13.9. The highest BCUT2D eigenvalue weighted by atomic mass is 32.1. The van der Waals surface area contributed by atoms with Crippen molar-refractivity contribution < 1.29 is 8.83 Å². The van der Waals surface area contributed by atoms with Crippen LogP contribution in [0.5, 0.6) is 0 Å². The number of dihydropyridines is 1. The summed E-state index contributed by atoms with van der Waals surface area (Å²) in [5, 5.41) is 10.5. The number of hydrogen-bond donors (Lipinski definition) is 1. The maximum atomic E-state index is 6.40. The third kappa shape index (κ3) is 6.00. The minimum absolute atomic E-state index is 0.121. The van der Waals surface area contributed by atoms with Crippen molar-refractivity contribution in [3.63, 3.8) is 0 Å². The first-order chi connectivity index (χ1) is 31.2. The largest absolute Gasteiger partial charge is 0.456 e. The van der Waals surface area contributed by atoms with Gasteiger partial charge in [-0.2, -0.15) is 0 Å². The lowest BCUT2D eigenvalue weighted by atomic mass is 9.93. The monoisotopic (exact) mass is 824 g/mol. The smallest absolute Gasteiger partial charge is 0.135 e. The standard InChI is InChI=1S/C58H36N2O2S/c1-3-11-43(51-13-5-7-27-59-51)41(9-1)39-17-23-55-47(33-39)45-29-35(15-21-53(45)61-55)37-19-25-57-49(31-37)50-32-38(20-26-58(50)63-57)36-16-22-54-46(30-36)48-34-40(18-24-56(48)62-54)42-10-2-4-12-44(42)52-14-6-8-28-60-52/h1-34,51,59H. The Kier molecular flexibility index (Phi) is 8.11. The summed E-state index contributed by atoms with van der Waals surface area (Å²) in [5.41, 5.74) is 16.2. The molecule has 1 aliphatic heterocycles. The number of fused-ring (bicyclic) bond motifs is 9. The summed E-state index contributed by atoms with van der Waals surface area (Å²) >= 11 is 1.84. The van der Waals surface area contributed by atoms with Crippen molar-refractivity contribution in [2.45, 2.75) is 6.04 Å². The van der Waals surface area contributed by atoms with Crippen molar-refractivity contribution in [2.24, 2.45) is 0 Å². The molecule has 296 valence electrons. The Morgan fingerprint density at radius 2 is 0.889 bits per heavy atom. The predicted octanol–water partition coefficient (Wildman–Crippen LogP) is 16.3. The van der Waals surface area contributed by atoms with Crippen molar-refractivity contribution in [1.82, 2.24) is 10.3 Å². The molecule has 0 spiro atoms. The first-order valence-corrected chi connectivity index (χ1v) is 22.1. The fraction of sp³-hybridized carbons (Fsp3) is 0.0172. The van der Waals surface area contributed by atoms with E-state index < -0.39 is 0 Å². The molecule has 1 aliphatic rings. The number of nitrogens with zero attached hydrogens (tertiary/aromatic N) is 1. The number of allylic oxidation sites excluding steroid dienone is 2. The van der Waals surface area contributed by atoms with Gasteiger partial charge in [0.15, 0.2) is 0 Å². The van der Waals surface area contributed by atoms with E-state index in [9.17, 15) is 0 Å². The number of benzene rings is 8. The van der Waals surface area contributed by atoms with Crippen LogP contribution in [0, 0.1) is 0 Å². The molecular weight excluding hydrogens is 789 g/mol. The van der Waals surface area contributed by atoms with E-state index in [-0.39, 0.29) is 6.04 Å². The summed E-state index contributed by atoms with van der Waals surface area (Å²) in [7, 11) is 0. The number of thiophene rings is 1. The molecule has 63 heavy (non-hydrogen) atoms. The van der Waals surface area contributed by atoms with Crippen molar-refractivity contribution in [3.05, 3.63) is 212 Å². The summed E-state index contributed by atoms with van der Waals surface area (Å²) in [4.78, 5) is 4.66. The Morgan fingerprint density at radius 3 is 1.44 bits per heavy atom. The van der Waals surface area contributed by atoms with Crippen molar-refractivity contribution in [1.29, 1.82) is 0 Å². The highest BCUT2D eigenvalue weighted by Gasteiger charge is 2.18. The van der Waals surface area contributed by atoms with Gasteiger partial charge in [-0.15, -0.1) is 11.3 Å². The summed E-state index contributed by atoms with van der Waals surface area (Å²) < 4.78 is 15.3. The molecule has 5 heterocycles.